The lowest BCUT2D eigenvalue weighted by molar-refractivity contribution is 0.0936. The van der Waals surface area contributed by atoms with Crippen LogP contribution in [0.5, 0.6) is 0 Å². The van der Waals surface area contributed by atoms with E-state index in [9.17, 15) is 4.79 Å². The summed E-state index contributed by atoms with van der Waals surface area (Å²) in [6, 6.07) is 5.96. The lowest BCUT2D eigenvalue weighted by atomic mass is 9.87. The number of amides is 1. The predicted molar refractivity (Wildman–Crippen MR) is 73.9 cm³/mol. The van der Waals surface area contributed by atoms with E-state index in [2.05, 4.69) is 14.9 Å². The highest BCUT2D eigenvalue weighted by Crippen LogP contribution is 2.31. The second-order valence-electron chi connectivity index (χ2n) is 4.66. The van der Waals surface area contributed by atoms with E-state index in [0.717, 1.165) is 36.5 Å². The Morgan fingerprint density at radius 3 is 3.16 bits per heavy atom. The number of aromatic nitrogens is 2. The van der Waals surface area contributed by atoms with Crippen LogP contribution in [0, 0.1) is 0 Å². The number of fused-ring (bicyclic) bond motifs is 1. The van der Waals surface area contributed by atoms with Crippen molar-refractivity contribution in [3.63, 3.8) is 0 Å². The second-order valence-corrected chi connectivity index (χ2v) is 5.44. The molecule has 0 saturated heterocycles. The van der Waals surface area contributed by atoms with E-state index in [1.807, 2.05) is 18.2 Å². The summed E-state index contributed by atoms with van der Waals surface area (Å²) >= 11 is 1.11. The Hall–Kier alpha value is -1.95. The van der Waals surface area contributed by atoms with Crippen molar-refractivity contribution in [3.05, 3.63) is 40.4 Å². The molecule has 98 valence electrons. The molecule has 0 fully saturated rings. The van der Waals surface area contributed by atoms with E-state index in [-0.39, 0.29) is 11.9 Å². The summed E-state index contributed by atoms with van der Waals surface area (Å²) in [5, 5.41) is 6.73. The molecule has 1 unspecified atom stereocenters. The molecule has 0 spiro atoms. The van der Waals surface area contributed by atoms with Crippen molar-refractivity contribution in [2.24, 2.45) is 0 Å². The van der Waals surface area contributed by atoms with Gasteiger partial charge < -0.3 is 11.1 Å². The van der Waals surface area contributed by atoms with Crippen LogP contribution in [0.25, 0.3) is 0 Å². The lowest BCUT2D eigenvalue weighted by Crippen LogP contribution is -2.30. The van der Waals surface area contributed by atoms with E-state index >= 15 is 0 Å². The normalized spacial score (nSPS) is 17.8. The number of hydrogen-bond acceptors (Lipinski definition) is 5. The number of hydrogen-bond donors (Lipinski definition) is 2. The van der Waals surface area contributed by atoms with Crippen molar-refractivity contribution in [1.82, 2.24) is 14.9 Å². The summed E-state index contributed by atoms with van der Waals surface area (Å²) < 4.78 is 3.71. The summed E-state index contributed by atoms with van der Waals surface area (Å²) in [6.07, 6.45) is 4.53. The van der Waals surface area contributed by atoms with Crippen LogP contribution in [0.4, 0.5) is 5.69 Å². The van der Waals surface area contributed by atoms with Gasteiger partial charge in [-0.25, -0.2) is 0 Å². The molecular weight excluding hydrogens is 260 g/mol. The second kappa shape index (κ2) is 4.97. The van der Waals surface area contributed by atoms with E-state index in [1.165, 1.54) is 17.3 Å². The first-order valence-corrected chi connectivity index (χ1v) is 6.98. The van der Waals surface area contributed by atoms with E-state index in [4.69, 9.17) is 5.73 Å². The molecule has 19 heavy (non-hydrogen) atoms. The van der Waals surface area contributed by atoms with Crippen LogP contribution in [0.2, 0.25) is 0 Å². The summed E-state index contributed by atoms with van der Waals surface area (Å²) in [5.74, 6) is -0.107. The fourth-order valence-corrected chi connectivity index (χ4v) is 2.90. The Kier molecular flexibility index (Phi) is 3.16. The fourth-order valence-electron chi connectivity index (χ4n) is 2.48. The minimum absolute atomic E-state index is 0.0546. The highest BCUT2D eigenvalue weighted by Gasteiger charge is 2.22. The lowest BCUT2D eigenvalue weighted by Gasteiger charge is -2.26. The molecule has 1 amide bonds. The van der Waals surface area contributed by atoms with Crippen LogP contribution in [0.3, 0.4) is 0 Å². The van der Waals surface area contributed by atoms with Crippen LogP contribution in [-0.2, 0) is 6.42 Å². The zero-order valence-corrected chi connectivity index (χ0v) is 11.1. The van der Waals surface area contributed by atoms with Gasteiger partial charge in [0.25, 0.3) is 5.91 Å². The Balaban J connectivity index is 1.82. The highest BCUT2D eigenvalue weighted by molar-refractivity contribution is 7.07. The van der Waals surface area contributed by atoms with Crippen molar-refractivity contribution in [1.29, 1.82) is 0 Å². The zero-order valence-electron chi connectivity index (χ0n) is 10.3. The molecule has 1 aromatic carbocycles. The Labute approximate surface area is 115 Å². The standard InChI is InChI=1S/C13H14N4OS/c14-9-4-5-10-8(6-9)2-1-3-11(10)16-13(18)12-7-15-17-19-12/h4-7,11H,1-3,14H2,(H,16,18). The van der Waals surface area contributed by atoms with Crippen molar-refractivity contribution >= 4 is 23.1 Å². The molecule has 1 aliphatic carbocycles. The summed E-state index contributed by atoms with van der Waals surface area (Å²) in [5.41, 5.74) is 8.99. The first kappa shape index (κ1) is 12.1. The molecular formula is C13H14N4OS. The maximum absolute atomic E-state index is 12.0. The Morgan fingerprint density at radius 1 is 1.47 bits per heavy atom. The Morgan fingerprint density at radius 2 is 2.37 bits per heavy atom. The summed E-state index contributed by atoms with van der Waals surface area (Å²) in [4.78, 5) is 12.6. The molecule has 5 nitrogen and oxygen atoms in total. The number of nitrogen functional groups attached to an aromatic ring is 1. The number of nitrogens with one attached hydrogen (secondary N) is 1. The average molecular weight is 274 g/mol. The topological polar surface area (TPSA) is 80.9 Å². The quantitative estimate of drug-likeness (QED) is 0.820. The van der Waals surface area contributed by atoms with Crippen LogP contribution in [-0.4, -0.2) is 15.5 Å². The Bertz CT molecular complexity index is 597. The number of nitrogens with zero attached hydrogens (tertiary/aromatic N) is 2. The van der Waals surface area contributed by atoms with Crippen molar-refractivity contribution < 1.29 is 4.79 Å². The number of rotatable bonds is 2. The molecule has 0 saturated carbocycles. The third kappa shape index (κ3) is 2.44. The largest absolute Gasteiger partial charge is 0.399 e. The minimum Gasteiger partial charge on any atom is -0.399 e. The molecule has 1 atom stereocenters. The average Bonchev–Trinajstić information content (AvgIpc) is 2.92. The highest BCUT2D eigenvalue weighted by atomic mass is 32.1. The van der Waals surface area contributed by atoms with Gasteiger partial charge in [-0.1, -0.05) is 10.6 Å². The first-order chi connectivity index (χ1) is 9.24. The molecule has 0 bridgehead atoms. The predicted octanol–water partition coefficient (Wildman–Crippen LogP) is 1.93. The molecule has 0 aliphatic heterocycles. The molecule has 2 aromatic rings. The number of carbonyl (C=O) groups is 1. The van der Waals surface area contributed by atoms with Crippen LogP contribution >= 0.6 is 11.5 Å². The number of benzene rings is 1. The first-order valence-electron chi connectivity index (χ1n) is 6.20. The molecule has 0 radical (unpaired) electrons. The molecule has 6 heteroatoms. The third-order valence-electron chi connectivity index (χ3n) is 3.37. The number of aryl methyl sites for hydroxylation is 1. The van der Waals surface area contributed by atoms with Gasteiger partial charge in [0.05, 0.1) is 12.2 Å². The van der Waals surface area contributed by atoms with Crippen LogP contribution in [0.15, 0.2) is 24.4 Å². The molecule has 3 rings (SSSR count). The molecule has 1 aliphatic rings. The van der Waals surface area contributed by atoms with Crippen LogP contribution < -0.4 is 11.1 Å². The van der Waals surface area contributed by atoms with Gasteiger partial charge in [-0.2, -0.15) is 0 Å². The maximum Gasteiger partial charge on any atom is 0.265 e. The van der Waals surface area contributed by atoms with Crippen molar-refractivity contribution in [2.45, 2.75) is 25.3 Å². The van der Waals surface area contributed by atoms with Gasteiger partial charge in [0.15, 0.2) is 0 Å². The van der Waals surface area contributed by atoms with Crippen LogP contribution in [0.1, 0.15) is 39.7 Å². The molecule has 1 heterocycles. The van der Waals surface area contributed by atoms with E-state index in [1.54, 1.807) is 0 Å². The van der Waals surface area contributed by atoms with E-state index in [0.29, 0.717) is 4.88 Å². The third-order valence-corrected chi connectivity index (χ3v) is 4.04. The summed E-state index contributed by atoms with van der Waals surface area (Å²) in [7, 11) is 0. The number of anilines is 1. The molecule has 1 aromatic heterocycles. The van der Waals surface area contributed by atoms with Gasteiger partial charge in [-0.3, -0.25) is 4.79 Å². The fraction of sp³-hybridized carbons (Fsp3) is 0.308. The van der Waals surface area contributed by atoms with Gasteiger partial charge in [0.2, 0.25) is 0 Å². The summed E-state index contributed by atoms with van der Waals surface area (Å²) in [6.45, 7) is 0. The van der Waals surface area contributed by atoms with Gasteiger partial charge in [-0.05, 0) is 54.1 Å². The molecule has 3 N–H and O–H groups in total. The smallest absolute Gasteiger partial charge is 0.265 e. The zero-order chi connectivity index (χ0) is 13.2. The van der Waals surface area contributed by atoms with Gasteiger partial charge in [0.1, 0.15) is 4.88 Å². The maximum atomic E-state index is 12.0. The van der Waals surface area contributed by atoms with Gasteiger partial charge >= 0.3 is 0 Å². The number of carbonyl (C=O) groups excluding carboxylic acids is 1. The SMILES string of the molecule is Nc1ccc2c(c1)CCCC2NC(=O)c1cnns1. The van der Waals surface area contributed by atoms with Gasteiger partial charge in [-0.15, -0.1) is 5.10 Å². The van der Waals surface area contributed by atoms with Gasteiger partial charge in [0, 0.05) is 5.69 Å². The van der Waals surface area contributed by atoms with Crippen molar-refractivity contribution in [2.75, 3.05) is 5.73 Å². The van der Waals surface area contributed by atoms with Crippen molar-refractivity contribution in [3.8, 4) is 0 Å². The number of nitrogens with two attached hydrogens (primary N) is 1. The minimum atomic E-state index is -0.107. The monoisotopic (exact) mass is 274 g/mol. The van der Waals surface area contributed by atoms with E-state index < -0.39 is 0 Å².